The molecule has 0 fully saturated rings. The molecule has 0 saturated heterocycles. The molecule has 2 aromatic rings. The van der Waals surface area contributed by atoms with Crippen molar-refractivity contribution in [2.45, 2.75) is 25.4 Å². The Morgan fingerprint density at radius 3 is 2.59 bits per heavy atom. The van der Waals surface area contributed by atoms with Gasteiger partial charge in [0.1, 0.15) is 12.7 Å². The zero-order valence-electron chi connectivity index (χ0n) is 9.62. The van der Waals surface area contributed by atoms with E-state index in [9.17, 15) is 0 Å². The van der Waals surface area contributed by atoms with Gasteiger partial charge in [-0.3, -0.25) is 0 Å². The van der Waals surface area contributed by atoms with Crippen molar-refractivity contribution in [2.75, 3.05) is 0 Å². The number of nitrogens with zero attached hydrogens (tertiary/aromatic N) is 3. The van der Waals surface area contributed by atoms with Crippen molar-refractivity contribution in [3.8, 4) is 0 Å². The molecule has 90 valence electrons. The molecule has 1 heterocycles. The highest BCUT2D eigenvalue weighted by Crippen LogP contribution is 2.23. The molecule has 5 heteroatoms. The van der Waals surface area contributed by atoms with Gasteiger partial charge < -0.3 is 5.73 Å². The highest BCUT2D eigenvalue weighted by Gasteiger charge is 2.20. The lowest BCUT2D eigenvalue weighted by Crippen LogP contribution is -2.32. The monoisotopic (exact) mass is 294 g/mol. The van der Waals surface area contributed by atoms with Crippen molar-refractivity contribution in [3.63, 3.8) is 0 Å². The molecular weight excluding hydrogens is 280 g/mol. The predicted octanol–water partition coefficient (Wildman–Crippen LogP) is 2.37. The third-order valence-corrected chi connectivity index (χ3v) is 3.34. The minimum absolute atomic E-state index is 0.0258. The Hall–Kier alpha value is -1.20. The fourth-order valence-electron chi connectivity index (χ4n) is 1.84. The second-order valence-electron chi connectivity index (χ2n) is 3.94. The number of hydrogen-bond acceptors (Lipinski definition) is 3. The summed E-state index contributed by atoms with van der Waals surface area (Å²) in [6.07, 6.45) is 4.14. The zero-order valence-corrected chi connectivity index (χ0v) is 11.2. The highest BCUT2D eigenvalue weighted by molar-refractivity contribution is 9.10. The Kier molecular flexibility index (Phi) is 3.91. The van der Waals surface area contributed by atoms with E-state index in [4.69, 9.17) is 5.73 Å². The lowest BCUT2D eigenvalue weighted by molar-refractivity contribution is 0.423. The summed E-state index contributed by atoms with van der Waals surface area (Å²) in [7, 11) is 0. The molecule has 1 aromatic carbocycles. The van der Waals surface area contributed by atoms with Crippen LogP contribution < -0.4 is 5.73 Å². The second-order valence-corrected chi connectivity index (χ2v) is 4.86. The van der Waals surface area contributed by atoms with E-state index in [1.807, 2.05) is 16.8 Å². The summed E-state index contributed by atoms with van der Waals surface area (Å²) in [4.78, 5) is 3.99. The highest BCUT2D eigenvalue weighted by atomic mass is 79.9. The van der Waals surface area contributed by atoms with E-state index < -0.39 is 0 Å². The summed E-state index contributed by atoms with van der Waals surface area (Å²) in [5.74, 6) is 0. The number of hydrogen-bond donors (Lipinski definition) is 1. The van der Waals surface area contributed by atoms with Crippen LogP contribution in [0.2, 0.25) is 0 Å². The fraction of sp³-hybridized carbons (Fsp3) is 0.333. The Bertz CT molecular complexity index is 452. The predicted molar refractivity (Wildman–Crippen MR) is 70.6 cm³/mol. The summed E-state index contributed by atoms with van der Waals surface area (Å²) in [6.45, 7) is 2.08. The van der Waals surface area contributed by atoms with Crippen LogP contribution in [0.5, 0.6) is 0 Å². The largest absolute Gasteiger partial charge is 0.326 e. The summed E-state index contributed by atoms with van der Waals surface area (Å²) in [5.41, 5.74) is 7.32. The molecule has 4 nitrogen and oxygen atoms in total. The first-order valence-corrected chi connectivity index (χ1v) is 6.37. The Morgan fingerprint density at radius 2 is 2.06 bits per heavy atom. The van der Waals surface area contributed by atoms with Crippen LogP contribution in [-0.4, -0.2) is 20.8 Å². The van der Waals surface area contributed by atoms with Gasteiger partial charge in [0.15, 0.2) is 0 Å². The van der Waals surface area contributed by atoms with Crippen molar-refractivity contribution in [3.05, 3.63) is 47.0 Å². The topological polar surface area (TPSA) is 56.7 Å². The van der Waals surface area contributed by atoms with E-state index in [2.05, 4.69) is 45.1 Å². The molecule has 2 unspecified atom stereocenters. The van der Waals surface area contributed by atoms with Gasteiger partial charge in [0.05, 0.1) is 6.04 Å². The van der Waals surface area contributed by atoms with Crippen molar-refractivity contribution < 1.29 is 0 Å². The Morgan fingerprint density at radius 1 is 1.35 bits per heavy atom. The number of nitrogens with two attached hydrogens (primary N) is 1. The van der Waals surface area contributed by atoms with Gasteiger partial charge in [-0.2, -0.15) is 5.10 Å². The number of rotatable bonds is 4. The minimum atomic E-state index is 0.0258. The van der Waals surface area contributed by atoms with Gasteiger partial charge in [-0.05, 0) is 24.1 Å². The maximum Gasteiger partial charge on any atom is 0.137 e. The van der Waals surface area contributed by atoms with Gasteiger partial charge in [0.25, 0.3) is 0 Å². The van der Waals surface area contributed by atoms with Gasteiger partial charge in [-0.15, -0.1) is 0 Å². The van der Waals surface area contributed by atoms with Gasteiger partial charge in [0.2, 0.25) is 0 Å². The van der Waals surface area contributed by atoms with Crippen LogP contribution in [0.15, 0.2) is 41.4 Å². The van der Waals surface area contributed by atoms with Gasteiger partial charge in [-0.1, -0.05) is 35.0 Å². The van der Waals surface area contributed by atoms with E-state index in [0.29, 0.717) is 0 Å². The van der Waals surface area contributed by atoms with Crippen LogP contribution in [0.1, 0.15) is 24.9 Å². The maximum absolute atomic E-state index is 6.18. The van der Waals surface area contributed by atoms with E-state index in [1.165, 1.54) is 6.33 Å². The SMILES string of the molecule is CCC(N)C(c1ccc(Br)cc1)n1cncn1. The summed E-state index contributed by atoms with van der Waals surface area (Å²) in [5, 5.41) is 4.20. The van der Waals surface area contributed by atoms with E-state index in [1.54, 1.807) is 6.33 Å². The third kappa shape index (κ3) is 2.73. The van der Waals surface area contributed by atoms with Crippen molar-refractivity contribution in [2.24, 2.45) is 5.73 Å². The quantitative estimate of drug-likeness (QED) is 0.942. The first kappa shape index (κ1) is 12.3. The molecule has 2 N–H and O–H groups in total. The summed E-state index contributed by atoms with van der Waals surface area (Å²) < 4.78 is 2.88. The molecule has 0 bridgehead atoms. The first-order valence-electron chi connectivity index (χ1n) is 5.57. The van der Waals surface area contributed by atoms with E-state index >= 15 is 0 Å². The number of benzene rings is 1. The molecule has 0 aliphatic carbocycles. The number of halogens is 1. The molecule has 0 saturated carbocycles. The van der Waals surface area contributed by atoms with Crippen LogP contribution in [0.25, 0.3) is 0 Å². The maximum atomic E-state index is 6.18. The molecule has 0 radical (unpaired) electrons. The summed E-state index contributed by atoms with van der Waals surface area (Å²) in [6, 6.07) is 8.22. The molecule has 1 aromatic heterocycles. The van der Waals surface area contributed by atoms with Gasteiger partial charge in [-0.25, -0.2) is 9.67 Å². The number of aromatic nitrogens is 3. The Labute approximate surface area is 109 Å². The standard InChI is InChI=1S/C12H15BrN4/c1-2-11(14)12(17-8-15-7-16-17)9-3-5-10(13)6-4-9/h3-8,11-12H,2,14H2,1H3. The van der Waals surface area contributed by atoms with E-state index in [-0.39, 0.29) is 12.1 Å². The normalized spacial score (nSPS) is 14.5. The third-order valence-electron chi connectivity index (χ3n) is 2.81. The van der Waals surface area contributed by atoms with Crippen LogP contribution in [0, 0.1) is 0 Å². The lowest BCUT2D eigenvalue weighted by atomic mass is 9.98. The van der Waals surface area contributed by atoms with Gasteiger partial charge >= 0.3 is 0 Å². The molecule has 0 aliphatic heterocycles. The zero-order chi connectivity index (χ0) is 12.3. The summed E-state index contributed by atoms with van der Waals surface area (Å²) >= 11 is 3.43. The smallest absolute Gasteiger partial charge is 0.137 e. The van der Waals surface area contributed by atoms with Gasteiger partial charge in [0, 0.05) is 10.5 Å². The Balaban J connectivity index is 2.37. The fourth-order valence-corrected chi connectivity index (χ4v) is 2.10. The first-order chi connectivity index (χ1) is 8.22. The molecule has 0 amide bonds. The van der Waals surface area contributed by atoms with Crippen LogP contribution in [0.3, 0.4) is 0 Å². The molecule has 2 rings (SSSR count). The molecule has 0 aliphatic rings. The van der Waals surface area contributed by atoms with Crippen molar-refractivity contribution in [1.29, 1.82) is 0 Å². The molecular formula is C12H15BrN4. The van der Waals surface area contributed by atoms with Crippen LogP contribution in [-0.2, 0) is 0 Å². The van der Waals surface area contributed by atoms with Crippen molar-refractivity contribution >= 4 is 15.9 Å². The molecule has 17 heavy (non-hydrogen) atoms. The minimum Gasteiger partial charge on any atom is -0.326 e. The lowest BCUT2D eigenvalue weighted by Gasteiger charge is -2.23. The van der Waals surface area contributed by atoms with E-state index in [0.717, 1.165) is 16.5 Å². The average molecular weight is 295 g/mol. The molecule has 0 spiro atoms. The molecule has 2 atom stereocenters. The van der Waals surface area contributed by atoms with Crippen molar-refractivity contribution in [1.82, 2.24) is 14.8 Å². The average Bonchev–Trinajstić information content (AvgIpc) is 2.85. The van der Waals surface area contributed by atoms with Crippen LogP contribution >= 0.6 is 15.9 Å². The van der Waals surface area contributed by atoms with Crippen LogP contribution in [0.4, 0.5) is 0 Å². The second kappa shape index (κ2) is 5.42.